The lowest BCUT2D eigenvalue weighted by molar-refractivity contribution is 0.0517. The second-order valence-electron chi connectivity index (χ2n) is 6.82. The van der Waals surface area contributed by atoms with Gasteiger partial charge in [0.15, 0.2) is 0 Å². The van der Waals surface area contributed by atoms with Crippen molar-refractivity contribution in [2.24, 2.45) is 5.92 Å². The third-order valence-electron chi connectivity index (χ3n) is 3.67. The van der Waals surface area contributed by atoms with Crippen LogP contribution in [0.2, 0.25) is 0 Å². The summed E-state index contributed by atoms with van der Waals surface area (Å²) in [6.07, 6.45) is 4.07. The van der Waals surface area contributed by atoms with Gasteiger partial charge in [-0.3, -0.25) is 0 Å². The van der Waals surface area contributed by atoms with Crippen molar-refractivity contribution in [1.29, 1.82) is 0 Å². The maximum atomic E-state index is 11.7. The maximum absolute atomic E-state index is 11.7. The van der Waals surface area contributed by atoms with Gasteiger partial charge in [-0.25, -0.2) is 4.79 Å². The van der Waals surface area contributed by atoms with Gasteiger partial charge in [-0.15, -0.1) is 0 Å². The second kappa shape index (κ2) is 10.0. The highest BCUT2D eigenvalue weighted by Gasteiger charge is 2.27. The van der Waals surface area contributed by atoms with Gasteiger partial charge in [-0.05, 0) is 52.5 Å². The minimum absolute atomic E-state index is 0.0778. The van der Waals surface area contributed by atoms with E-state index in [0.29, 0.717) is 31.7 Å². The first-order valence-electron chi connectivity index (χ1n) is 8.31. The second-order valence-corrected chi connectivity index (χ2v) is 6.82. The van der Waals surface area contributed by atoms with Crippen molar-refractivity contribution >= 4 is 6.09 Å². The van der Waals surface area contributed by atoms with Crippen LogP contribution in [0.15, 0.2) is 0 Å². The summed E-state index contributed by atoms with van der Waals surface area (Å²) in [4.78, 5) is 11.7. The van der Waals surface area contributed by atoms with Crippen LogP contribution in [0, 0.1) is 5.92 Å². The molecule has 0 aromatic heterocycles. The van der Waals surface area contributed by atoms with Crippen LogP contribution in [-0.2, 0) is 9.47 Å². The summed E-state index contributed by atoms with van der Waals surface area (Å²) in [5.74, 6) is 0.464. The molecule has 0 aromatic rings. The van der Waals surface area contributed by atoms with Gasteiger partial charge in [0.2, 0.25) is 0 Å². The van der Waals surface area contributed by atoms with Crippen LogP contribution in [0.1, 0.15) is 46.5 Å². The zero-order chi connectivity index (χ0) is 16.4. The van der Waals surface area contributed by atoms with Crippen LogP contribution in [0.3, 0.4) is 0 Å². The smallest absolute Gasteiger partial charge is 0.407 e. The van der Waals surface area contributed by atoms with Gasteiger partial charge in [0.1, 0.15) is 5.60 Å². The third-order valence-corrected chi connectivity index (χ3v) is 3.67. The van der Waals surface area contributed by atoms with Crippen molar-refractivity contribution in [3.63, 3.8) is 0 Å². The fraction of sp³-hybridized carbons (Fsp3) is 0.938. The van der Waals surface area contributed by atoms with Gasteiger partial charge in [0.25, 0.3) is 0 Å². The Bertz CT molecular complexity index is 318. The monoisotopic (exact) mass is 316 g/mol. The molecular weight excluding hydrogens is 284 g/mol. The normalized spacial score (nSPS) is 21.8. The van der Waals surface area contributed by atoms with Crippen molar-refractivity contribution in [3.8, 4) is 0 Å². The number of alkyl carbamates (subject to hydrolysis) is 1. The summed E-state index contributed by atoms with van der Waals surface area (Å²) >= 11 is 0. The Kier molecular flexibility index (Phi) is 8.75. The Balaban J connectivity index is 2.16. The molecule has 2 unspecified atom stereocenters. The molecule has 3 N–H and O–H groups in total. The van der Waals surface area contributed by atoms with E-state index in [0.717, 1.165) is 25.8 Å². The lowest BCUT2D eigenvalue weighted by Gasteiger charge is -2.23. The molecule has 1 saturated carbocycles. The molecule has 0 radical (unpaired) electrons. The number of aliphatic hydroxyl groups is 1. The SMILES string of the molecule is CC(C)(C)OC(=O)NCC1CCCC1NCCCOCCO. The minimum atomic E-state index is -0.452. The van der Waals surface area contributed by atoms with Gasteiger partial charge in [-0.1, -0.05) is 6.42 Å². The maximum Gasteiger partial charge on any atom is 0.407 e. The fourth-order valence-electron chi connectivity index (χ4n) is 2.71. The number of rotatable bonds is 9. The van der Waals surface area contributed by atoms with E-state index in [9.17, 15) is 4.79 Å². The van der Waals surface area contributed by atoms with Crippen molar-refractivity contribution in [2.75, 3.05) is 32.9 Å². The average molecular weight is 316 g/mol. The zero-order valence-corrected chi connectivity index (χ0v) is 14.2. The van der Waals surface area contributed by atoms with E-state index in [1.165, 1.54) is 6.42 Å². The highest BCUT2D eigenvalue weighted by atomic mass is 16.6. The largest absolute Gasteiger partial charge is 0.444 e. The molecule has 2 atom stereocenters. The highest BCUT2D eigenvalue weighted by Crippen LogP contribution is 2.25. The molecule has 6 nitrogen and oxygen atoms in total. The third kappa shape index (κ3) is 8.56. The Labute approximate surface area is 133 Å². The van der Waals surface area contributed by atoms with Gasteiger partial charge in [0, 0.05) is 19.2 Å². The lowest BCUT2D eigenvalue weighted by atomic mass is 10.0. The number of carbonyl (C=O) groups is 1. The van der Waals surface area contributed by atoms with Gasteiger partial charge in [0.05, 0.1) is 13.2 Å². The minimum Gasteiger partial charge on any atom is -0.444 e. The quantitative estimate of drug-likeness (QED) is 0.564. The Hall–Kier alpha value is -0.850. The molecule has 1 fully saturated rings. The Morgan fingerprint density at radius 3 is 2.73 bits per heavy atom. The number of amides is 1. The molecule has 22 heavy (non-hydrogen) atoms. The predicted molar refractivity (Wildman–Crippen MR) is 85.9 cm³/mol. The van der Waals surface area contributed by atoms with Crippen LogP contribution in [0.25, 0.3) is 0 Å². The number of hydrogen-bond acceptors (Lipinski definition) is 5. The number of nitrogens with one attached hydrogen (secondary N) is 2. The molecule has 0 spiro atoms. The molecule has 130 valence electrons. The Morgan fingerprint density at radius 2 is 2.05 bits per heavy atom. The van der Waals surface area contributed by atoms with Gasteiger partial charge < -0.3 is 25.2 Å². The van der Waals surface area contributed by atoms with Crippen LogP contribution < -0.4 is 10.6 Å². The van der Waals surface area contributed by atoms with E-state index in [1.807, 2.05) is 20.8 Å². The average Bonchev–Trinajstić information content (AvgIpc) is 2.86. The predicted octanol–water partition coefficient (Wildman–Crippen LogP) is 1.67. The van der Waals surface area contributed by atoms with E-state index >= 15 is 0 Å². The first kappa shape index (κ1) is 19.2. The molecule has 1 aliphatic rings. The van der Waals surface area contributed by atoms with Gasteiger partial charge in [-0.2, -0.15) is 0 Å². The highest BCUT2D eigenvalue weighted by molar-refractivity contribution is 5.67. The van der Waals surface area contributed by atoms with Crippen LogP contribution in [-0.4, -0.2) is 55.8 Å². The van der Waals surface area contributed by atoms with Crippen LogP contribution in [0.4, 0.5) is 4.79 Å². The first-order chi connectivity index (χ1) is 10.4. The van der Waals surface area contributed by atoms with Crippen LogP contribution in [0.5, 0.6) is 0 Å². The van der Waals surface area contributed by atoms with Crippen LogP contribution >= 0.6 is 0 Å². The summed E-state index contributed by atoms with van der Waals surface area (Å²) in [7, 11) is 0. The summed E-state index contributed by atoms with van der Waals surface area (Å²) in [5.41, 5.74) is -0.452. The molecule has 0 saturated heterocycles. The molecule has 1 aliphatic carbocycles. The van der Waals surface area contributed by atoms with Crippen molar-refractivity contribution in [1.82, 2.24) is 10.6 Å². The standard InChI is InChI=1S/C16H32N2O4/c1-16(2,3)22-15(20)18-12-13-6-4-7-14(13)17-8-5-10-21-11-9-19/h13-14,17,19H,4-12H2,1-3H3,(H,18,20). The fourth-order valence-corrected chi connectivity index (χ4v) is 2.71. The zero-order valence-electron chi connectivity index (χ0n) is 14.2. The summed E-state index contributed by atoms with van der Waals surface area (Å²) in [5, 5.41) is 15.0. The molecule has 0 aliphatic heterocycles. The molecular formula is C16H32N2O4. The Morgan fingerprint density at radius 1 is 1.27 bits per heavy atom. The first-order valence-corrected chi connectivity index (χ1v) is 8.31. The molecule has 6 heteroatoms. The topological polar surface area (TPSA) is 79.8 Å². The summed E-state index contributed by atoms with van der Waals surface area (Å²) < 4.78 is 10.5. The number of hydrogen-bond donors (Lipinski definition) is 3. The summed E-state index contributed by atoms with van der Waals surface area (Å²) in [6, 6.07) is 0.452. The van der Waals surface area contributed by atoms with Crippen molar-refractivity contribution < 1.29 is 19.4 Å². The summed E-state index contributed by atoms with van der Waals surface area (Å²) in [6.45, 7) is 8.32. The lowest BCUT2D eigenvalue weighted by Crippen LogP contribution is -2.41. The van der Waals surface area contributed by atoms with Gasteiger partial charge >= 0.3 is 6.09 Å². The molecule has 0 heterocycles. The number of carbonyl (C=O) groups excluding carboxylic acids is 1. The molecule has 1 rings (SSSR count). The van der Waals surface area contributed by atoms with E-state index in [4.69, 9.17) is 14.6 Å². The van der Waals surface area contributed by atoms with E-state index < -0.39 is 5.60 Å². The van der Waals surface area contributed by atoms with Crippen molar-refractivity contribution in [3.05, 3.63) is 0 Å². The van der Waals surface area contributed by atoms with E-state index in [1.54, 1.807) is 0 Å². The molecule has 0 aromatic carbocycles. The van der Waals surface area contributed by atoms with E-state index in [2.05, 4.69) is 10.6 Å². The molecule has 0 bridgehead atoms. The van der Waals surface area contributed by atoms with Crippen molar-refractivity contribution in [2.45, 2.75) is 58.1 Å². The molecule has 1 amide bonds. The number of ether oxygens (including phenoxy) is 2. The number of aliphatic hydroxyl groups excluding tert-OH is 1. The van der Waals surface area contributed by atoms with E-state index in [-0.39, 0.29) is 12.7 Å².